The standard InChI is InChI=1S/C26H27NO6/c1-14-10-15(2)21-20(11-14)33-25-22(24(21)28)23(16-7-8-18(30-3)19(12-16)31-4)27(26(25)29)13-17-6-5-9-32-17/h7-8,10-12,17,23H,5-6,9,13H2,1-4H3. The summed E-state index contributed by atoms with van der Waals surface area (Å²) in [6.07, 6.45) is 1.76. The molecule has 33 heavy (non-hydrogen) atoms. The van der Waals surface area contributed by atoms with Gasteiger partial charge in [0, 0.05) is 13.2 Å². The molecule has 5 rings (SSSR count). The Hall–Kier alpha value is -3.32. The van der Waals surface area contributed by atoms with Crippen molar-refractivity contribution in [2.75, 3.05) is 27.4 Å². The zero-order valence-electron chi connectivity index (χ0n) is 19.3. The van der Waals surface area contributed by atoms with E-state index in [1.54, 1.807) is 25.2 Å². The molecule has 1 saturated heterocycles. The minimum Gasteiger partial charge on any atom is -0.493 e. The van der Waals surface area contributed by atoms with Crippen molar-refractivity contribution in [3.63, 3.8) is 0 Å². The number of hydrogen-bond donors (Lipinski definition) is 0. The lowest BCUT2D eigenvalue weighted by atomic mass is 9.96. The van der Waals surface area contributed by atoms with Crippen LogP contribution in [0.4, 0.5) is 0 Å². The molecule has 0 radical (unpaired) electrons. The fourth-order valence-electron chi connectivity index (χ4n) is 5.08. The molecule has 0 spiro atoms. The van der Waals surface area contributed by atoms with Crippen molar-refractivity contribution in [2.45, 2.75) is 38.8 Å². The van der Waals surface area contributed by atoms with E-state index in [-0.39, 0.29) is 23.2 Å². The Balaban J connectivity index is 1.73. The monoisotopic (exact) mass is 449 g/mol. The second-order valence-electron chi connectivity index (χ2n) is 8.74. The summed E-state index contributed by atoms with van der Waals surface area (Å²) in [5, 5.41) is 0.511. The highest BCUT2D eigenvalue weighted by atomic mass is 16.5. The van der Waals surface area contributed by atoms with E-state index in [0.29, 0.717) is 41.2 Å². The van der Waals surface area contributed by atoms with Gasteiger partial charge in [0.25, 0.3) is 5.91 Å². The Kier molecular flexibility index (Phi) is 5.37. The smallest absolute Gasteiger partial charge is 0.291 e. The topological polar surface area (TPSA) is 78.2 Å². The van der Waals surface area contributed by atoms with Crippen LogP contribution in [0.3, 0.4) is 0 Å². The molecule has 172 valence electrons. The van der Waals surface area contributed by atoms with Gasteiger partial charge in [-0.2, -0.15) is 0 Å². The zero-order chi connectivity index (χ0) is 23.3. The maximum absolute atomic E-state index is 13.8. The summed E-state index contributed by atoms with van der Waals surface area (Å²) in [4.78, 5) is 29.1. The van der Waals surface area contributed by atoms with Crippen molar-refractivity contribution in [2.24, 2.45) is 0 Å². The van der Waals surface area contributed by atoms with Crippen LogP contribution in [0.15, 0.2) is 39.5 Å². The minimum atomic E-state index is -0.599. The fourth-order valence-corrected chi connectivity index (χ4v) is 5.08. The summed E-state index contributed by atoms with van der Waals surface area (Å²) in [5.41, 5.74) is 3.19. The Morgan fingerprint density at radius 3 is 2.55 bits per heavy atom. The van der Waals surface area contributed by atoms with E-state index >= 15 is 0 Å². The molecular weight excluding hydrogens is 422 g/mol. The van der Waals surface area contributed by atoms with Crippen molar-refractivity contribution in [3.05, 3.63) is 68.6 Å². The van der Waals surface area contributed by atoms with Crippen LogP contribution in [-0.2, 0) is 4.74 Å². The first-order valence-electron chi connectivity index (χ1n) is 11.2. The molecule has 3 aromatic rings. The van der Waals surface area contributed by atoms with E-state index in [1.807, 2.05) is 38.1 Å². The van der Waals surface area contributed by atoms with Gasteiger partial charge in [0.15, 0.2) is 16.9 Å². The highest BCUT2D eigenvalue weighted by Crippen LogP contribution is 2.41. The third kappa shape index (κ3) is 3.47. The van der Waals surface area contributed by atoms with E-state index in [4.69, 9.17) is 18.6 Å². The molecule has 2 aliphatic heterocycles. The molecule has 1 aromatic heterocycles. The van der Waals surface area contributed by atoms with Gasteiger partial charge in [-0.1, -0.05) is 12.1 Å². The average Bonchev–Trinajstić information content (AvgIpc) is 3.40. The fraction of sp³-hybridized carbons (Fsp3) is 0.385. The van der Waals surface area contributed by atoms with E-state index in [2.05, 4.69) is 0 Å². The van der Waals surface area contributed by atoms with Crippen LogP contribution in [0, 0.1) is 13.8 Å². The van der Waals surface area contributed by atoms with E-state index in [1.165, 1.54) is 0 Å². The highest BCUT2D eigenvalue weighted by molar-refractivity contribution is 5.99. The number of amides is 1. The van der Waals surface area contributed by atoms with Crippen molar-refractivity contribution in [3.8, 4) is 11.5 Å². The maximum atomic E-state index is 13.8. The molecule has 7 nitrogen and oxygen atoms in total. The Morgan fingerprint density at radius 2 is 1.85 bits per heavy atom. The molecule has 3 heterocycles. The summed E-state index contributed by atoms with van der Waals surface area (Å²) >= 11 is 0. The van der Waals surface area contributed by atoms with E-state index in [9.17, 15) is 9.59 Å². The number of aryl methyl sites for hydroxylation is 2. The lowest BCUT2D eigenvalue weighted by Crippen LogP contribution is -2.36. The van der Waals surface area contributed by atoms with Gasteiger partial charge in [-0.3, -0.25) is 9.59 Å². The number of hydrogen-bond acceptors (Lipinski definition) is 6. The van der Waals surface area contributed by atoms with Gasteiger partial charge in [-0.15, -0.1) is 0 Å². The molecule has 1 amide bonds. The summed E-state index contributed by atoms with van der Waals surface area (Å²) < 4.78 is 22.8. The molecule has 7 heteroatoms. The minimum absolute atomic E-state index is 0.0700. The molecule has 2 atom stereocenters. The number of rotatable bonds is 5. The second-order valence-corrected chi connectivity index (χ2v) is 8.74. The van der Waals surface area contributed by atoms with Gasteiger partial charge in [0.2, 0.25) is 5.76 Å². The largest absolute Gasteiger partial charge is 0.493 e. The van der Waals surface area contributed by atoms with Gasteiger partial charge in [0.05, 0.1) is 37.3 Å². The summed E-state index contributed by atoms with van der Waals surface area (Å²) in [6, 6.07) is 8.64. The number of carbonyl (C=O) groups is 1. The number of methoxy groups -OCH3 is 2. The zero-order valence-corrected chi connectivity index (χ0v) is 19.3. The SMILES string of the molecule is COc1ccc(C2c3c(oc4cc(C)cc(C)c4c3=O)C(=O)N2CC2CCCO2)cc1OC. The highest BCUT2D eigenvalue weighted by Gasteiger charge is 2.44. The first-order valence-corrected chi connectivity index (χ1v) is 11.2. The number of nitrogens with zero attached hydrogens (tertiary/aromatic N) is 1. The number of benzene rings is 2. The molecule has 0 saturated carbocycles. The normalized spacial score (nSPS) is 19.9. The summed E-state index contributed by atoms with van der Waals surface area (Å²) in [6.45, 7) is 4.90. The molecule has 2 aliphatic rings. The predicted molar refractivity (Wildman–Crippen MR) is 123 cm³/mol. The van der Waals surface area contributed by atoms with E-state index in [0.717, 1.165) is 29.5 Å². The molecular formula is C26H27NO6. The third-order valence-corrected chi connectivity index (χ3v) is 6.56. The lowest BCUT2D eigenvalue weighted by molar-refractivity contribution is 0.0486. The molecule has 2 aromatic carbocycles. The number of carbonyl (C=O) groups excluding carboxylic acids is 1. The Morgan fingerprint density at radius 1 is 1.06 bits per heavy atom. The van der Waals surface area contributed by atoms with Crippen molar-refractivity contribution >= 4 is 16.9 Å². The molecule has 0 bridgehead atoms. The Labute approximate surface area is 191 Å². The van der Waals surface area contributed by atoms with Crippen LogP contribution in [-0.4, -0.2) is 44.3 Å². The summed E-state index contributed by atoms with van der Waals surface area (Å²) in [5.74, 6) is 0.923. The van der Waals surface area contributed by atoms with Crippen LogP contribution < -0.4 is 14.9 Å². The van der Waals surface area contributed by atoms with Crippen LogP contribution in [0.25, 0.3) is 11.0 Å². The first kappa shape index (κ1) is 21.5. The molecule has 1 fully saturated rings. The predicted octanol–water partition coefficient (Wildman–Crippen LogP) is 4.15. The molecule has 0 aliphatic carbocycles. The van der Waals surface area contributed by atoms with Crippen molar-refractivity contribution in [1.29, 1.82) is 0 Å². The van der Waals surface area contributed by atoms with Crippen LogP contribution >= 0.6 is 0 Å². The van der Waals surface area contributed by atoms with Gasteiger partial charge >= 0.3 is 0 Å². The number of ether oxygens (including phenoxy) is 3. The van der Waals surface area contributed by atoms with Crippen LogP contribution in [0.1, 0.15) is 51.7 Å². The van der Waals surface area contributed by atoms with Gasteiger partial charge < -0.3 is 23.5 Å². The molecule has 2 unspecified atom stereocenters. The second kappa shape index (κ2) is 8.23. The van der Waals surface area contributed by atoms with Crippen molar-refractivity contribution < 1.29 is 23.4 Å². The van der Waals surface area contributed by atoms with Gasteiger partial charge in [-0.05, 0) is 61.6 Å². The average molecular weight is 450 g/mol. The number of fused-ring (bicyclic) bond motifs is 2. The van der Waals surface area contributed by atoms with Crippen LogP contribution in [0.2, 0.25) is 0 Å². The van der Waals surface area contributed by atoms with Crippen molar-refractivity contribution in [1.82, 2.24) is 4.90 Å². The lowest BCUT2D eigenvalue weighted by Gasteiger charge is -2.27. The van der Waals surface area contributed by atoms with Gasteiger partial charge in [-0.25, -0.2) is 0 Å². The van der Waals surface area contributed by atoms with Gasteiger partial charge in [0.1, 0.15) is 5.58 Å². The first-order chi connectivity index (χ1) is 15.9. The Bertz CT molecular complexity index is 1300. The third-order valence-electron chi connectivity index (χ3n) is 6.56. The molecule has 0 N–H and O–H groups in total. The van der Waals surface area contributed by atoms with Crippen LogP contribution in [0.5, 0.6) is 11.5 Å². The van der Waals surface area contributed by atoms with E-state index < -0.39 is 6.04 Å². The maximum Gasteiger partial charge on any atom is 0.291 e. The summed E-state index contributed by atoms with van der Waals surface area (Å²) in [7, 11) is 3.13. The quantitative estimate of drug-likeness (QED) is 0.582.